The van der Waals surface area contributed by atoms with Crippen molar-refractivity contribution in [1.29, 1.82) is 0 Å². The summed E-state index contributed by atoms with van der Waals surface area (Å²) in [7, 11) is 0. The highest BCUT2D eigenvalue weighted by Gasteiger charge is 2.29. The van der Waals surface area contributed by atoms with Crippen LogP contribution in [0.25, 0.3) is 0 Å². The summed E-state index contributed by atoms with van der Waals surface area (Å²) in [6.07, 6.45) is 9.28. The van der Waals surface area contributed by atoms with Gasteiger partial charge in [-0.25, -0.2) is 0 Å². The van der Waals surface area contributed by atoms with Crippen molar-refractivity contribution in [3.8, 4) is 0 Å². The average Bonchev–Trinajstić information content (AvgIpc) is 2.77. The highest BCUT2D eigenvalue weighted by molar-refractivity contribution is 5.98. The maximum absolute atomic E-state index is 13.2. The van der Waals surface area contributed by atoms with E-state index in [0.717, 1.165) is 6.42 Å². The maximum Gasteiger partial charge on any atom is 0.322 e. The number of carboxylic acids is 1. The van der Waals surface area contributed by atoms with Gasteiger partial charge in [0.15, 0.2) is 0 Å². The first kappa shape index (κ1) is 24.8. The van der Waals surface area contributed by atoms with Gasteiger partial charge in [0.25, 0.3) is 5.91 Å². The summed E-state index contributed by atoms with van der Waals surface area (Å²) in [4.78, 5) is 49.1. The molecular weight excluding hydrogens is 410 g/mol. The van der Waals surface area contributed by atoms with Crippen molar-refractivity contribution in [2.75, 3.05) is 6.54 Å². The lowest BCUT2D eigenvalue weighted by Crippen LogP contribution is -2.54. The van der Waals surface area contributed by atoms with Gasteiger partial charge in [0.05, 0.1) is 0 Å². The second kappa shape index (κ2) is 12.4. The number of hydrogen-bond donors (Lipinski definition) is 4. The van der Waals surface area contributed by atoms with Crippen molar-refractivity contribution in [3.05, 3.63) is 60.2 Å². The molecule has 0 fully saturated rings. The molecule has 3 atom stereocenters. The zero-order valence-electron chi connectivity index (χ0n) is 18.4. The van der Waals surface area contributed by atoms with E-state index in [1.165, 1.54) is 0 Å². The van der Waals surface area contributed by atoms with Gasteiger partial charge in [0.2, 0.25) is 11.8 Å². The first-order valence-corrected chi connectivity index (χ1v) is 10.8. The standard InChI is InChI=1S/C24H31N3O5/c1-16(2)13-19(23(31)25-15-21(28)29)27-24(32)20(14-17-9-5-3-6-10-17)26-22(30)18-11-7-4-8-12-18/h3-9,11-12,16-17,19-20H,10,13-15H2,1-2H3,(H,25,31)(H,26,30)(H,27,32)(H,28,29)/t17?,19-,20-/m0/s1. The smallest absolute Gasteiger partial charge is 0.322 e. The van der Waals surface area contributed by atoms with Crippen molar-refractivity contribution >= 4 is 23.7 Å². The Balaban J connectivity index is 2.15. The fourth-order valence-electron chi connectivity index (χ4n) is 3.43. The van der Waals surface area contributed by atoms with Crippen LogP contribution in [0.15, 0.2) is 54.6 Å². The predicted octanol–water partition coefficient (Wildman–Crippen LogP) is 2.04. The zero-order valence-corrected chi connectivity index (χ0v) is 18.4. The number of carboxylic acid groups (broad SMARTS) is 1. The Kier molecular flexibility index (Phi) is 9.66. The Morgan fingerprint density at radius 1 is 1.00 bits per heavy atom. The number of amides is 3. The molecule has 0 radical (unpaired) electrons. The van der Waals surface area contributed by atoms with E-state index in [1.807, 2.05) is 38.2 Å². The number of rotatable bonds is 11. The van der Waals surface area contributed by atoms with E-state index >= 15 is 0 Å². The molecule has 172 valence electrons. The molecule has 1 aromatic rings. The molecule has 1 aliphatic rings. The third-order valence-corrected chi connectivity index (χ3v) is 5.02. The average molecular weight is 442 g/mol. The summed E-state index contributed by atoms with van der Waals surface area (Å²) in [5, 5.41) is 16.7. The van der Waals surface area contributed by atoms with Crippen LogP contribution in [0.2, 0.25) is 0 Å². The molecule has 1 unspecified atom stereocenters. The van der Waals surface area contributed by atoms with Gasteiger partial charge in [0, 0.05) is 5.56 Å². The zero-order chi connectivity index (χ0) is 23.5. The monoisotopic (exact) mass is 441 g/mol. The Bertz CT molecular complexity index is 864. The fraction of sp³-hybridized carbons (Fsp3) is 0.417. The van der Waals surface area contributed by atoms with Gasteiger partial charge in [-0.05, 0) is 43.2 Å². The Morgan fingerprint density at radius 2 is 1.72 bits per heavy atom. The van der Waals surface area contributed by atoms with Crippen molar-refractivity contribution in [2.45, 2.75) is 45.2 Å². The molecule has 0 spiro atoms. The highest BCUT2D eigenvalue weighted by Crippen LogP contribution is 2.18. The summed E-state index contributed by atoms with van der Waals surface area (Å²) < 4.78 is 0. The van der Waals surface area contributed by atoms with Crippen LogP contribution in [0.3, 0.4) is 0 Å². The largest absolute Gasteiger partial charge is 0.480 e. The molecule has 3 amide bonds. The van der Waals surface area contributed by atoms with E-state index in [-0.39, 0.29) is 17.7 Å². The topological polar surface area (TPSA) is 125 Å². The lowest BCUT2D eigenvalue weighted by molar-refractivity contribution is -0.138. The van der Waals surface area contributed by atoms with Crippen LogP contribution in [0.5, 0.6) is 0 Å². The molecule has 8 nitrogen and oxygen atoms in total. The second-order valence-corrected chi connectivity index (χ2v) is 8.24. The SMILES string of the molecule is CC(C)C[C@H](NC(=O)[C@H](CC1C=CC=CC1)NC(=O)c1ccccc1)C(=O)NCC(=O)O. The quantitative estimate of drug-likeness (QED) is 0.418. The van der Waals surface area contributed by atoms with Crippen LogP contribution in [0.1, 0.15) is 43.5 Å². The fourth-order valence-corrected chi connectivity index (χ4v) is 3.43. The van der Waals surface area contributed by atoms with Gasteiger partial charge in [-0.2, -0.15) is 0 Å². The van der Waals surface area contributed by atoms with Gasteiger partial charge in [0.1, 0.15) is 18.6 Å². The van der Waals surface area contributed by atoms with Crippen LogP contribution in [0, 0.1) is 11.8 Å². The normalized spacial score (nSPS) is 16.8. The minimum Gasteiger partial charge on any atom is -0.480 e. The molecule has 0 saturated carbocycles. The van der Waals surface area contributed by atoms with E-state index in [2.05, 4.69) is 16.0 Å². The van der Waals surface area contributed by atoms with Crippen molar-refractivity contribution in [1.82, 2.24) is 16.0 Å². The summed E-state index contributed by atoms with van der Waals surface area (Å²) in [5.74, 6) is -2.44. The molecule has 2 rings (SSSR count). The maximum atomic E-state index is 13.2. The van der Waals surface area contributed by atoms with E-state index < -0.39 is 36.4 Å². The molecule has 1 aromatic carbocycles. The number of benzene rings is 1. The lowest BCUT2D eigenvalue weighted by Gasteiger charge is -2.26. The van der Waals surface area contributed by atoms with E-state index in [0.29, 0.717) is 18.4 Å². The van der Waals surface area contributed by atoms with Crippen LogP contribution < -0.4 is 16.0 Å². The molecule has 0 aromatic heterocycles. The molecule has 32 heavy (non-hydrogen) atoms. The number of carbonyl (C=O) groups excluding carboxylic acids is 3. The molecule has 1 aliphatic carbocycles. The van der Waals surface area contributed by atoms with Crippen molar-refractivity contribution < 1.29 is 24.3 Å². The summed E-state index contributed by atoms with van der Waals surface area (Å²) in [6, 6.07) is 6.84. The summed E-state index contributed by atoms with van der Waals surface area (Å²) in [6.45, 7) is 3.27. The third-order valence-electron chi connectivity index (χ3n) is 5.02. The van der Waals surface area contributed by atoms with Crippen LogP contribution >= 0.6 is 0 Å². The van der Waals surface area contributed by atoms with E-state index in [1.54, 1.807) is 30.3 Å². The van der Waals surface area contributed by atoms with Crippen LogP contribution in [-0.4, -0.2) is 47.4 Å². The van der Waals surface area contributed by atoms with E-state index in [9.17, 15) is 19.2 Å². The molecule has 0 heterocycles. The molecule has 0 aliphatic heterocycles. The number of nitrogens with one attached hydrogen (secondary N) is 3. The Morgan fingerprint density at radius 3 is 2.31 bits per heavy atom. The summed E-state index contributed by atoms with van der Waals surface area (Å²) in [5.41, 5.74) is 0.433. The first-order valence-electron chi connectivity index (χ1n) is 10.8. The van der Waals surface area contributed by atoms with Gasteiger partial charge in [-0.15, -0.1) is 0 Å². The second-order valence-electron chi connectivity index (χ2n) is 8.24. The minimum absolute atomic E-state index is 0.0659. The molecule has 8 heteroatoms. The minimum atomic E-state index is -1.17. The number of carbonyl (C=O) groups is 4. The Hall–Kier alpha value is -3.42. The number of hydrogen-bond acceptors (Lipinski definition) is 4. The Labute approximate surface area is 188 Å². The van der Waals surface area contributed by atoms with Gasteiger partial charge in [-0.3, -0.25) is 19.2 Å². The van der Waals surface area contributed by atoms with Crippen LogP contribution in [0.4, 0.5) is 0 Å². The van der Waals surface area contributed by atoms with Crippen molar-refractivity contribution in [2.24, 2.45) is 11.8 Å². The number of allylic oxidation sites excluding steroid dienone is 4. The third kappa shape index (κ3) is 8.37. The molecule has 0 saturated heterocycles. The van der Waals surface area contributed by atoms with Crippen LogP contribution in [-0.2, 0) is 14.4 Å². The molecule has 4 N–H and O–H groups in total. The number of aliphatic carboxylic acids is 1. The van der Waals surface area contributed by atoms with E-state index in [4.69, 9.17) is 5.11 Å². The van der Waals surface area contributed by atoms with Crippen molar-refractivity contribution in [3.63, 3.8) is 0 Å². The van der Waals surface area contributed by atoms with Gasteiger partial charge in [-0.1, -0.05) is 56.4 Å². The van der Waals surface area contributed by atoms with Gasteiger partial charge >= 0.3 is 5.97 Å². The summed E-state index contributed by atoms with van der Waals surface area (Å²) >= 11 is 0. The highest BCUT2D eigenvalue weighted by atomic mass is 16.4. The van der Waals surface area contributed by atoms with Gasteiger partial charge < -0.3 is 21.1 Å². The molecular formula is C24H31N3O5. The predicted molar refractivity (Wildman–Crippen MR) is 121 cm³/mol. The molecule has 0 bridgehead atoms. The lowest BCUT2D eigenvalue weighted by atomic mass is 9.92. The first-order chi connectivity index (χ1) is 15.3.